The molecule has 2 aliphatic heterocycles. The van der Waals surface area contributed by atoms with Crippen molar-refractivity contribution in [2.45, 2.75) is 66.7 Å². The molecule has 0 spiro atoms. The second-order valence-electron chi connectivity index (χ2n) is 13.1. The third-order valence-corrected chi connectivity index (χ3v) is 11.9. The van der Waals surface area contributed by atoms with E-state index in [0.29, 0.717) is 17.1 Å². The molecule has 224 valence electrons. The maximum absolute atomic E-state index is 4.00. The molecule has 6 aliphatic rings. The summed E-state index contributed by atoms with van der Waals surface area (Å²) in [5.74, 6) is 0.755. The molecule has 3 aromatic rings. The van der Waals surface area contributed by atoms with Crippen LogP contribution in [-0.4, -0.2) is 17.6 Å². The van der Waals surface area contributed by atoms with Gasteiger partial charge in [-0.3, -0.25) is 16.0 Å². The van der Waals surface area contributed by atoms with Crippen LogP contribution in [0.4, 0.5) is 0 Å². The maximum atomic E-state index is 4.00. The number of allylic oxidation sites excluding steroid dienone is 8. The van der Waals surface area contributed by atoms with Gasteiger partial charge in [0.1, 0.15) is 0 Å². The van der Waals surface area contributed by atoms with Gasteiger partial charge < -0.3 is 0 Å². The van der Waals surface area contributed by atoms with Crippen LogP contribution in [0.5, 0.6) is 0 Å². The van der Waals surface area contributed by atoms with Gasteiger partial charge >= 0.3 is 0 Å². The molecule has 1 saturated heterocycles. The van der Waals surface area contributed by atoms with Crippen LogP contribution in [0.1, 0.15) is 71.1 Å². The van der Waals surface area contributed by atoms with Gasteiger partial charge in [-0.1, -0.05) is 121 Å². The molecular formula is C41H39N3S. The van der Waals surface area contributed by atoms with E-state index in [2.05, 4.69) is 149 Å². The summed E-state index contributed by atoms with van der Waals surface area (Å²) in [7, 11) is 0. The molecule has 6 unspecified atom stereocenters. The van der Waals surface area contributed by atoms with Crippen LogP contribution >= 0.6 is 11.8 Å². The van der Waals surface area contributed by atoms with Gasteiger partial charge in [-0.2, -0.15) is 0 Å². The molecule has 6 atom stereocenters. The number of benzene rings is 3. The van der Waals surface area contributed by atoms with E-state index >= 15 is 0 Å². The highest BCUT2D eigenvalue weighted by molar-refractivity contribution is 8.01. The fraction of sp³-hybridized carbons (Fsp3) is 0.268. The first-order chi connectivity index (χ1) is 22.3. The highest BCUT2D eigenvalue weighted by Gasteiger charge is 2.39. The second kappa shape index (κ2) is 11.6. The Morgan fingerprint density at radius 2 is 1.60 bits per heavy atom. The van der Waals surface area contributed by atoms with Crippen LogP contribution < -0.4 is 16.0 Å². The Morgan fingerprint density at radius 3 is 2.51 bits per heavy atom. The highest BCUT2D eigenvalue weighted by atomic mass is 32.2. The van der Waals surface area contributed by atoms with E-state index in [1.165, 1.54) is 39.0 Å². The SMILES string of the molecule is C1=CCC(C2NC(C3=CCC(C4=C5c6ccc7c(c6SC5CC=C4)CCC=C7)c4ccccc43)NC(c3ccccc3)N2)C=C1. The van der Waals surface area contributed by atoms with Crippen molar-refractivity contribution in [3.8, 4) is 0 Å². The standard InChI is InChI=1S/C41H39N3S/c1-3-13-27(14-4-1)39-42-40(28-15-5-2-6-16-28)44-41(43-39)34-25-24-32(30-18-9-10-19-31(30)34)33-20-11-21-36-37(33)35-23-22-26-12-7-8-17-29(26)38(35)45-36/h1-7,9-15,18-20,22-23,25,28,32,36,39-44H,8,16-17,21,24H2. The topological polar surface area (TPSA) is 36.1 Å². The lowest BCUT2D eigenvalue weighted by atomic mass is 9.74. The van der Waals surface area contributed by atoms with Crippen molar-refractivity contribution in [2.24, 2.45) is 5.92 Å². The third-order valence-electron chi connectivity index (χ3n) is 10.5. The van der Waals surface area contributed by atoms with Crippen molar-refractivity contribution in [1.29, 1.82) is 0 Å². The zero-order valence-electron chi connectivity index (χ0n) is 25.5. The Balaban J connectivity index is 1.09. The molecule has 0 radical (unpaired) electrons. The summed E-state index contributed by atoms with van der Waals surface area (Å²) in [4.78, 5) is 1.55. The van der Waals surface area contributed by atoms with Crippen LogP contribution in [0, 0.1) is 5.92 Å². The average Bonchev–Trinajstić information content (AvgIpc) is 3.51. The summed E-state index contributed by atoms with van der Waals surface area (Å²) < 4.78 is 0. The molecule has 3 N–H and O–H groups in total. The number of hydrogen-bond donors (Lipinski definition) is 3. The summed E-state index contributed by atoms with van der Waals surface area (Å²) in [5.41, 5.74) is 13.1. The van der Waals surface area contributed by atoms with Crippen LogP contribution in [-0.2, 0) is 6.42 Å². The smallest absolute Gasteiger partial charge is 0.0864 e. The van der Waals surface area contributed by atoms with Crippen LogP contribution in [0.3, 0.4) is 0 Å². The maximum Gasteiger partial charge on any atom is 0.0864 e. The summed E-state index contributed by atoms with van der Waals surface area (Å²) >= 11 is 2.12. The van der Waals surface area contributed by atoms with Gasteiger partial charge in [-0.05, 0) is 82.2 Å². The number of thioether (sulfide) groups is 1. The van der Waals surface area contributed by atoms with Crippen molar-refractivity contribution < 1.29 is 0 Å². The van der Waals surface area contributed by atoms with Gasteiger partial charge in [0.25, 0.3) is 0 Å². The van der Waals surface area contributed by atoms with Gasteiger partial charge in [-0.15, -0.1) is 11.8 Å². The zero-order valence-corrected chi connectivity index (χ0v) is 26.3. The fourth-order valence-electron chi connectivity index (χ4n) is 8.33. The Bertz CT molecular complexity index is 1830. The molecule has 45 heavy (non-hydrogen) atoms. The molecule has 0 saturated carbocycles. The minimum absolute atomic E-state index is 0.0394. The van der Waals surface area contributed by atoms with Crippen molar-refractivity contribution in [1.82, 2.24) is 16.0 Å². The van der Waals surface area contributed by atoms with E-state index < -0.39 is 0 Å². The molecule has 4 heteroatoms. The fourth-order valence-corrected chi connectivity index (χ4v) is 9.87. The molecule has 3 aromatic carbocycles. The summed E-state index contributed by atoms with van der Waals surface area (Å²) in [6.07, 6.45) is 26.8. The summed E-state index contributed by atoms with van der Waals surface area (Å²) in [5, 5.41) is 12.4. The second-order valence-corrected chi connectivity index (χ2v) is 14.3. The first kappa shape index (κ1) is 27.6. The molecule has 0 amide bonds. The Kier molecular flexibility index (Phi) is 7.12. The first-order valence-corrected chi connectivity index (χ1v) is 17.6. The Hall–Kier alpha value is -3.67. The minimum Gasteiger partial charge on any atom is -0.282 e. The zero-order chi connectivity index (χ0) is 29.7. The van der Waals surface area contributed by atoms with Gasteiger partial charge in [0.15, 0.2) is 0 Å². The Morgan fingerprint density at radius 1 is 0.711 bits per heavy atom. The molecule has 9 rings (SSSR count). The van der Waals surface area contributed by atoms with Crippen LogP contribution in [0.15, 0.2) is 126 Å². The van der Waals surface area contributed by atoms with E-state index in [9.17, 15) is 0 Å². The quantitative estimate of drug-likeness (QED) is 0.278. The van der Waals surface area contributed by atoms with Crippen molar-refractivity contribution in [3.05, 3.63) is 154 Å². The Labute approximate surface area is 271 Å². The van der Waals surface area contributed by atoms with Crippen molar-refractivity contribution in [2.75, 3.05) is 0 Å². The van der Waals surface area contributed by atoms with Crippen LogP contribution in [0.2, 0.25) is 0 Å². The lowest BCUT2D eigenvalue weighted by Gasteiger charge is -2.44. The monoisotopic (exact) mass is 605 g/mol. The summed E-state index contributed by atoms with van der Waals surface area (Å²) in [6.45, 7) is 0. The summed E-state index contributed by atoms with van der Waals surface area (Å²) in [6, 6.07) is 24.8. The third kappa shape index (κ3) is 4.87. The largest absolute Gasteiger partial charge is 0.282 e. The number of hydrogen-bond acceptors (Lipinski definition) is 4. The van der Waals surface area contributed by atoms with E-state index in [1.807, 2.05) is 0 Å². The number of nitrogens with one attached hydrogen (secondary N) is 3. The normalized spacial score (nSPS) is 29.6. The van der Waals surface area contributed by atoms with E-state index in [0.717, 1.165) is 32.1 Å². The lowest BCUT2D eigenvalue weighted by Crippen LogP contribution is -2.65. The van der Waals surface area contributed by atoms with Gasteiger partial charge in [0, 0.05) is 22.0 Å². The van der Waals surface area contributed by atoms with E-state index in [1.54, 1.807) is 16.0 Å². The molecule has 1 fully saturated rings. The van der Waals surface area contributed by atoms with E-state index in [-0.39, 0.29) is 18.5 Å². The van der Waals surface area contributed by atoms with Gasteiger partial charge in [-0.25, -0.2) is 0 Å². The molecule has 0 bridgehead atoms. The van der Waals surface area contributed by atoms with Crippen molar-refractivity contribution >= 4 is 29.0 Å². The van der Waals surface area contributed by atoms with Crippen molar-refractivity contribution in [3.63, 3.8) is 0 Å². The lowest BCUT2D eigenvalue weighted by molar-refractivity contribution is 0.196. The minimum atomic E-state index is 0.0394. The predicted octanol–water partition coefficient (Wildman–Crippen LogP) is 8.67. The van der Waals surface area contributed by atoms with Gasteiger partial charge in [0.05, 0.1) is 18.5 Å². The first-order valence-electron chi connectivity index (χ1n) is 16.7. The number of fused-ring (bicyclic) bond motifs is 6. The predicted molar refractivity (Wildman–Crippen MR) is 188 cm³/mol. The van der Waals surface area contributed by atoms with E-state index in [4.69, 9.17) is 0 Å². The number of rotatable bonds is 4. The molecule has 4 aliphatic carbocycles. The average molecular weight is 606 g/mol. The molecule has 0 aromatic heterocycles. The molecule has 2 heterocycles. The van der Waals surface area contributed by atoms with Gasteiger partial charge in [0.2, 0.25) is 0 Å². The molecular weight excluding hydrogens is 567 g/mol. The molecule has 3 nitrogen and oxygen atoms in total. The highest BCUT2D eigenvalue weighted by Crippen LogP contribution is 2.55. The van der Waals surface area contributed by atoms with Crippen LogP contribution in [0.25, 0.3) is 17.2 Å².